The van der Waals surface area contributed by atoms with Gasteiger partial charge in [-0.15, -0.1) is 0 Å². The molecule has 0 saturated carbocycles. The fraction of sp³-hybridized carbons (Fsp3) is 0.333. The predicted octanol–water partition coefficient (Wildman–Crippen LogP) is 4.56. The van der Waals surface area contributed by atoms with Gasteiger partial charge in [-0.3, -0.25) is 0 Å². The lowest BCUT2D eigenvalue weighted by atomic mass is 9.87. The van der Waals surface area contributed by atoms with Crippen LogP contribution in [0.1, 0.15) is 44.0 Å². The normalized spacial score (nSPS) is 18.9. The van der Waals surface area contributed by atoms with Crippen molar-refractivity contribution in [1.82, 2.24) is 9.97 Å². The van der Waals surface area contributed by atoms with E-state index in [-0.39, 0.29) is 0 Å². The molecule has 2 aliphatic rings. The van der Waals surface area contributed by atoms with Crippen LogP contribution in [-0.4, -0.2) is 9.97 Å². The number of aryl methyl sites for hydroxylation is 1. The van der Waals surface area contributed by atoms with Crippen LogP contribution in [0, 0.1) is 6.92 Å². The minimum absolute atomic E-state index is 0.874. The van der Waals surface area contributed by atoms with Gasteiger partial charge in [0.05, 0.1) is 0 Å². The molecule has 0 unspecified atom stereocenters. The number of aromatic nitrogens is 2. The second-order valence-electron chi connectivity index (χ2n) is 5.67. The summed E-state index contributed by atoms with van der Waals surface area (Å²) in [4.78, 5) is 8.83. The van der Waals surface area contributed by atoms with Gasteiger partial charge < -0.3 is 0 Å². The monoisotopic (exact) mass is 264 g/mol. The van der Waals surface area contributed by atoms with Gasteiger partial charge >= 0.3 is 0 Å². The molecule has 0 spiro atoms. The molecule has 0 aliphatic heterocycles. The largest absolute Gasteiger partial charge is 0.237 e. The quantitative estimate of drug-likeness (QED) is 0.782. The molecule has 2 nitrogen and oxygen atoms in total. The van der Waals surface area contributed by atoms with Gasteiger partial charge in [-0.05, 0) is 61.8 Å². The van der Waals surface area contributed by atoms with Crippen molar-refractivity contribution < 1.29 is 0 Å². The maximum Gasteiger partial charge on any atom is 0.154 e. The molecule has 0 aromatic carbocycles. The van der Waals surface area contributed by atoms with E-state index in [2.05, 4.69) is 41.2 Å². The molecule has 0 bridgehead atoms. The summed E-state index contributed by atoms with van der Waals surface area (Å²) in [5.74, 6) is 0.874. The van der Waals surface area contributed by atoms with Crippen LogP contribution in [0.2, 0.25) is 0 Å². The minimum Gasteiger partial charge on any atom is -0.237 e. The first kappa shape index (κ1) is 13.0. The molecule has 2 aliphatic carbocycles. The summed E-state index contributed by atoms with van der Waals surface area (Å²) in [7, 11) is 0. The molecule has 2 heteroatoms. The van der Waals surface area contributed by atoms with E-state index in [1.165, 1.54) is 35.1 Å². The first-order chi connectivity index (χ1) is 9.72. The summed E-state index contributed by atoms with van der Waals surface area (Å²) < 4.78 is 0. The van der Waals surface area contributed by atoms with Crippen LogP contribution >= 0.6 is 0 Å². The number of nitrogens with zero attached hydrogens (tertiary/aromatic N) is 2. The lowest BCUT2D eigenvalue weighted by Gasteiger charge is -2.19. The van der Waals surface area contributed by atoms with Crippen molar-refractivity contribution in [2.45, 2.75) is 39.5 Å². The highest BCUT2D eigenvalue weighted by atomic mass is 14.9. The van der Waals surface area contributed by atoms with E-state index < -0.39 is 0 Å². The molecule has 0 atom stereocenters. The van der Waals surface area contributed by atoms with E-state index >= 15 is 0 Å². The van der Waals surface area contributed by atoms with E-state index in [4.69, 9.17) is 0 Å². The Morgan fingerprint density at radius 1 is 0.700 bits per heavy atom. The number of allylic oxidation sites excluding steroid dienone is 8. The highest BCUT2D eigenvalue weighted by Gasteiger charge is 2.14. The highest BCUT2D eigenvalue weighted by Crippen LogP contribution is 2.32. The van der Waals surface area contributed by atoms with Crippen molar-refractivity contribution >= 4 is 5.57 Å². The summed E-state index contributed by atoms with van der Waals surface area (Å²) in [5.41, 5.74) is 6.81. The van der Waals surface area contributed by atoms with Crippen LogP contribution in [-0.2, 0) is 0 Å². The smallest absolute Gasteiger partial charge is 0.154 e. The van der Waals surface area contributed by atoms with Crippen LogP contribution in [0.5, 0.6) is 0 Å². The van der Waals surface area contributed by atoms with Crippen molar-refractivity contribution in [1.29, 1.82) is 0 Å². The van der Waals surface area contributed by atoms with Crippen LogP contribution in [0.15, 0.2) is 53.4 Å². The maximum absolute atomic E-state index is 4.42. The fourth-order valence-electron chi connectivity index (χ4n) is 2.66. The molecule has 3 rings (SSSR count). The molecular formula is C18H20N2. The molecule has 0 N–H and O–H groups in total. The average Bonchev–Trinajstić information content (AvgIpc) is 2.49. The molecule has 1 heterocycles. The van der Waals surface area contributed by atoms with E-state index in [0.29, 0.717) is 0 Å². The zero-order valence-corrected chi connectivity index (χ0v) is 12.2. The Labute approximate surface area is 120 Å². The first-order valence-corrected chi connectivity index (χ1v) is 7.28. The number of hydrogen-bond donors (Lipinski definition) is 0. The third-order valence-electron chi connectivity index (χ3n) is 3.99. The van der Waals surface area contributed by atoms with E-state index in [1.54, 1.807) is 0 Å². The van der Waals surface area contributed by atoms with Crippen LogP contribution in [0.25, 0.3) is 5.57 Å². The Morgan fingerprint density at radius 3 is 1.80 bits per heavy atom. The van der Waals surface area contributed by atoms with Gasteiger partial charge in [0.1, 0.15) is 0 Å². The van der Waals surface area contributed by atoms with Gasteiger partial charge in [-0.25, -0.2) is 9.97 Å². The SMILES string of the molecule is CC1=CC=C(C2=CC=C(c3ncc(C)cn3)CC2)CC1. The predicted molar refractivity (Wildman–Crippen MR) is 83.1 cm³/mol. The Kier molecular flexibility index (Phi) is 3.64. The maximum atomic E-state index is 4.42. The van der Waals surface area contributed by atoms with Crippen LogP contribution in [0.4, 0.5) is 0 Å². The second-order valence-corrected chi connectivity index (χ2v) is 5.67. The van der Waals surface area contributed by atoms with Gasteiger partial charge in [0.2, 0.25) is 0 Å². The molecule has 0 fully saturated rings. The van der Waals surface area contributed by atoms with Gasteiger partial charge in [-0.1, -0.05) is 29.9 Å². The first-order valence-electron chi connectivity index (χ1n) is 7.28. The van der Waals surface area contributed by atoms with Gasteiger partial charge in [0, 0.05) is 12.4 Å². The summed E-state index contributed by atoms with van der Waals surface area (Å²) in [5, 5.41) is 0. The highest BCUT2D eigenvalue weighted by molar-refractivity contribution is 5.65. The lowest BCUT2D eigenvalue weighted by molar-refractivity contribution is 0.870. The molecular weight excluding hydrogens is 244 g/mol. The van der Waals surface area contributed by atoms with Crippen LogP contribution < -0.4 is 0 Å². The molecule has 1 aromatic heterocycles. The zero-order valence-electron chi connectivity index (χ0n) is 12.2. The third kappa shape index (κ3) is 2.79. The molecule has 20 heavy (non-hydrogen) atoms. The summed E-state index contributed by atoms with van der Waals surface area (Å²) >= 11 is 0. The van der Waals surface area contributed by atoms with Crippen molar-refractivity contribution in [3.63, 3.8) is 0 Å². The molecule has 0 amide bonds. The Bertz CT molecular complexity index is 628. The van der Waals surface area contributed by atoms with Crippen molar-refractivity contribution in [3.8, 4) is 0 Å². The van der Waals surface area contributed by atoms with E-state index in [0.717, 1.165) is 24.2 Å². The summed E-state index contributed by atoms with van der Waals surface area (Å²) in [6.45, 7) is 4.22. The molecule has 0 radical (unpaired) electrons. The van der Waals surface area contributed by atoms with Gasteiger partial charge in [0.25, 0.3) is 0 Å². The molecule has 1 aromatic rings. The fourth-order valence-corrected chi connectivity index (χ4v) is 2.66. The van der Waals surface area contributed by atoms with E-state index in [1.807, 2.05) is 19.3 Å². The average molecular weight is 264 g/mol. The Hall–Kier alpha value is -1.96. The molecule has 102 valence electrons. The third-order valence-corrected chi connectivity index (χ3v) is 3.99. The summed E-state index contributed by atoms with van der Waals surface area (Å²) in [6.07, 6.45) is 17.3. The number of rotatable bonds is 2. The number of hydrogen-bond acceptors (Lipinski definition) is 2. The van der Waals surface area contributed by atoms with Gasteiger partial charge in [0.15, 0.2) is 5.82 Å². The minimum atomic E-state index is 0.874. The summed E-state index contributed by atoms with van der Waals surface area (Å²) in [6, 6.07) is 0. The molecule has 0 saturated heterocycles. The zero-order chi connectivity index (χ0) is 13.9. The van der Waals surface area contributed by atoms with Crippen molar-refractivity contribution in [3.05, 3.63) is 64.8 Å². The van der Waals surface area contributed by atoms with Crippen LogP contribution in [0.3, 0.4) is 0 Å². The Morgan fingerprint density at radius 2 is 1.25 bits per heavy atom. The lowest BCUT2D eigenvalue weighted by Crippen LogP contribution is -2.01. The standard InChI is InChI=1S/C18H20N2/c1-13-3-5-15(6-4-13)16-7-9-17(10-8-16)18-19-11-14(2)12-20-18/h3,5,7,9,11-12H,4,6,8,10H2,1-2H3. The van der Waals surface area contributed by atoms with Crippen molar-refractivity contribution in [2.75, 3.05) is 0 Å². The Balaban J connectivity index is 1.81. The van der Waals surface area contributed by atoms with Crippen molar-refractivity contribution in [2.24, 2.45) is 0 Å². The topological polar surface area (TPSA) is 25.8 Å². The second kappa shape index (κ2) is 5.58. The van der Waals surface area contributed by atoms with Gasteiger partial charge in [-0.2, -0.15) is 0 Å². The van der Waals surface area contributed by atoms with E-state index in [9.17, 15) is 0 Å².